The van der Waals surface area contributed by atoms with Gasteiger partial charge in [-0.1, -0.05) is 31.4 Å². The summed E-state index contributed by atoms with van der Waals surface area (Å²) in [6, 6.07) is 0. The van der Waals surface area contributed by atoms with Gasteiger partial charge in [-0.15, -0.1) is 0 Å². The van der Waals surface area contributed by atoms with E-state index in [1.807, 2.05) is 6.08 Å². The first kappa shape index (κ1) is 7.92. The standard InChI is InChI=1S/C6H14OSi/c1-8(2,3)6-4-5-7/h4,6-7H,5H2,1-3H3/b6-4-. The van der Waals surface area contributed by atoms with Crippen LogP contribution in [-0.4, -0.2) is 19.8 Å². The van der Waals surface area contributed by atoms with E-state index in [9.17, 15) is 0 Å². The second kappa shape index (κ2) is 3.05. The fourth-order valence-corrected chi connectivity index (χ4v) is 1.22. The van der Waals surface area contributed by atoms with E-state index >= 15 is 0 Å². The van der Waals surface area contributed by atoms with Gasteiger partial charge < -0.3 is 5.11 Å². The highest BCUT2D eigenvalue weighted by molar-refractivity contribution is 6.80. The van der Waals surface area contributed by atoms with Crippen molar-refractivity contribution < 1.29 is 5.11 Å². The number of aliphatic hydroxyl groups excluding tert-OH is 1. The van der Waals surface area contributed by atoms with E-state index in [1.54, 1.807) is 0 Å². The Hall–Kier alpha value is -0.0831. The van der Waals surface area contributed by atoms with Gasteiger partial charge in [0.15, 0.2) is 0 Å². The predicted octanol–water partition coefficient (Wildman–Crippen LogP) is 1.41. The van der Waals surface area contributed by atoms with Crippen molar-refractivity contribution in [2.45, 2.75) is 19.6 Å². The Kier molecular flexibility index (Phi) is 3.01. The molecule has 0 aromatic carbocycles. The highest BCUT2D eigenvalue weighted by atomic mass is 28.3. The largest absolute Gasteiger partial charge is 0.392 e. The Labute approximate surface area is 52.0 Å². The second-order valence-electron chi connectivity index (χ2n) is 2.95. The molecule has 48 valence electrons. The van der Waals surface area contributed by atoms with Crippen LogP contribution in [0.1, 0.15) is 0 Å². The maximum Gasteiger partial charge on any atom is 0.0683 e. The molecule has 0 heterocycles. The zero-order valence-electron chi connectivity index (χ0n) is 5.81. The summed E-state index contributed by atoms with van der Waals surface area (Å²) >= 11 is 0. The molecule has 0 rings (SSSR count). The zero-order chi connectivity index (χ0) is 6.62. The lowest BCUT2D eigenvalue weighted by atomic mass is 10.7. The molecule has 0 bridgehead atoms. The Bertz CT molecular complexity index is 81.0. The van der Waals surface area contributed by atoms with Gasteiger partial charge in [0, 0.05) is 0 Å². The number of hydrogen-bond donors (Lipinski definition) is 1. The van der Waals surface area contributed by atoms with E-state index in [-0.39, 0.29) is 6.61 Å². The van der Waals surface area contributed by atoms with Crippen LogP contribution in [0.4, 0.5) is 0 Å². The average Bonchev–Trinajstić information content (AvgIpc) is 1.59. The Morgan fingerprint density at radius 1 is 1.38 bits per heavy atom. The van der Waals surface area contributed by atoms with Gasteiger partial charge in [-0.3, -0.25) is 0 Å². The normalized spacial score (nSPS) is 13.0. The molecule has 0 unspecified atom stereocenters. The van der Waals surface area contributed by atoms with Crippen LogP contribution in [0.2, 0.25) is 19.6 Å². The minimum atomic E-state index is -1.02. The highest BCUT2D eigenvalue weighted by Crippen LogP contribution is 2.00. The minimum absolute atomic E-state index is 0.185. The molecular weight excluding hydrogens is 116 g/mol. The molecule has 0 aliphatic heterocycles. The third-order valence-electron chi connectivity index (χ3n) is 0.723. The van der Waals surface area contributed by atoms with Crippen LogP contribution in [0.3, 0.4) is 0 Å². The third-order valence-corrected chi connectivity index (χ3v) is 1.96. The lowest BCUT2D eigenvalue weighted by molar-refractivity contribution is 0.343. The van der Waals surface area contributed by atoms with Crippen molar-refractivity contribution >= 4 is 8.07 Å². The summed E-state index contributed by atoms with van der Waals surface area (Å²) in [6.45, 7) is 6.89. The Balaban J connectivity index is 3.52. The highest BCUT2D eigenvalue weighted by Gasteiger charge is 2.05. The Morgan fingerprint density at radius 3 is 2.00 bits per heavy atom. The molecule has 1 N–H and O–H groups in total. The minimum Gasteiger partial charge on any atom is -0.392 e. The molecule has 0 aromatic heterocycles. The first-order chi connectivity index (χ1) is 3.56. The van der Waals surface area contributed by atoms with Gasteiger partial charge in [0.25, 0.3) is 0 Å². The molecular formula is C6H14OSi. The maximum atomic E-state index is 8.36. The molecule has 0 saturated heterocycles. The van der Waals surface area contributed by atoms with Gasteiger partial charge in [0.2, 0.25) is 0 Å². The first-order valence-electron chi connectivity index (χ1n) is 2.85. The smallest absolute Gasteiger partial charge is 0.0683 e. The molecule has 0 aliphatic rings. The van der Waals surface area contributed by atoms with Crippen LogP contribution in [0.5, 0.6) is 0 Å². The second-order valence-corrected chi connectivity index (χ2v) is 8.02. The molecule has 8 heavy (non-hydrogen) atoms. The fourth-order valence-electron chi connectivity index (χ4n) is 0.406. The molecule has 0 saturated carbocycles. The van der Waals surface area contributed by atoms with Crippen LogP contribution in [0.15, 0.2) is 11.8 Å². The Morgan fingerprint density at radius 2 is 1.88 bits per heavy atom. The van der Waals surface area contributed by atoms with Crippen LogP contribution >= 0.6 is 0 Å². The van der Waals surface area contributed by atoms with Crippen LogP contribution in [0, 0.1) is 0 Å². The van der Waals surface area contributed by atoms with E-state index in [2.05, 4.69) is 25.3 Å². The molecule has 0 fully saturated rings. The lowest BCUT2D eigenvalue weighted by Crippen LogP contribution is -2.15. The molecule has 0 spiro atoms. The van der Waals surface area contributed by atoms with Crippen molar-refractivity contribution in [1.82, 2.24) is 0 Å². The summed E-state index contributed by atoms with van der Waals surface area (Å²) in [5.41, 5.74) is 2.13. The summed E-state index contributed by atoms with van der Waals surface area (Å²) in [7, 11) is -1.02. The zero-order valence-corrected chi connectivity index (χ0v) is 6.81. The molecule has 0 aromatic rings. The molecule has 0 aliphatic carbocycles. The van der Waals surface area contributed by atoms with E-state index < -0.39 is 8.07 Å². The quantitative estimate of drug-likeness (QED) is 0.560. The summed E-state index contributed by atoms with van der Waals surface area (Å²) in [5, 5.41) is 8.36. The van der Waals surface area contributed by atoms with Crippen LogP contribution in [-0.2, 0) is 0 Å². The van der Waals surface area contributed by atoms with Gasteiger partial charge >= 0.3 is 0 Å². The monoisotopic (exact) mass is 130 g/mol. The molecule has 1 nitrogen and oxygen atoms in total. The fraction of sp³-hybridized carbons (Fsp3) is 0.667. The van der Waals surface area contributed by atoms with E-state index in [4.69, 9.17) is 5.11 Å². The topological polar surface area (TPSA) is 20.2 Å². The van der Waals surface area contributed by atoms with Gasteiger partial charge in [-0.2, -0.15) is 0 Å². The van der Waals surface area contributed by atoms with Crippen molar-refractivity contribution in [2.75, 3.05) is 6.61 Å². The maximum absolute atomic E-state index is 8.36. The van der Waals surface area contributed by atoms with Crippen molar-refractivity contribution in [3.63, 3.8) is 0 Å². The third kappa shape index (κ3) is 5.92. The summed E-state index contributed by atoms with van der Waals surface area (Å²) in [4.78, 5) is 0. The van der Waals surface area contributed by atoms with E-state index in [0.29, 0.717) is 0 Å². The van der Waals surface area contributed by atoms with Gasteiger partial charge in [0.05, 0.1) is 14.7 Å². The van der Waals surface area contributed by atoms with Gasteiger partial charge in [-0.25, -0.2) is 0 Å². The van der Waals surface area contributed by atoms with Crippen molar-refractivity contribution in [1.29, 1.82) is 0 Å². The van der Waals surface area contributed by atoms with Crippen molar-refractivity contribution in [3.05, 3.63) is 11.8 Å². The van der Waals surface area contributed by atoms with Crippen LogP contribution in [0.25, 0.3) is 0 Å². The molecule has 0 radical (unpaired) electrons. The van der Waals surface area contributed by atoms with Crippen molar-refractivity contribution in [2.24, 2.45) is 0 Å². The van der Waals surface area contributed by atoms with Gasteiger partial charge in [0.1, 0.15) is 0 Å². The summed E-state index contributed by atoms with van der Waals surface area (Å²) in [6.07, 6.45) is 1.83. The average molecular weight is 130 g/mol. The summed E-state index contributed by atoms with van der Waals surface area (Å²) in [5.74, 6) is 0. The molecule has 2 heteroatoms. The van der Waals surface area contributed by atoms with E-state index in [1.165, 1.54) is 0 Å². The predicted molar refractivity (Wildman–Crippen MR) is 39.6 cm³/mol. The van der Waals surface area contributed by atoms with E-state index in [0.717, 1.165) is 0 Å². The SMILES string of the molecule is C[Si](C)(C)/C=C\CO. The first-order valence-corrected chi connectivity index (χ1v) is 6.42. The molecule has 0 amide bonds. The molecule has 0 atom stereocenters. The number of rotatable bonds is 2. The van der Waals surface area contributed by atoms with Gasteiger partial charge in [-0.05, 0) is 0 Å². The van der Waals surface area contributed by atoms with Crippen LogP contribution < -0.4 is 0 Å². The summed E-state index contributed by atoms with van der Waals surface area (Å²) < 4.78 is 0. The van der Waals surface area contributed by atoms with Crippen molar-refractivity contribution in [3.8, 4) is 0 Å². The number of hydrogen-bond acceptors (Lipinski definition) is 1. The lowest BCUT2D eigenvalue weighted by Gasteiger charge is -2.06. The number of aliphatic hydroxyl groups is 1.